The van der Waals surface area contributed by atoms with Crippen molar-refractivity contribution in [3.05, 3.63) is 517 Å². The van der Waals surface area contributed by atoms with Gasteiger partial charge in [0.25, 0.3) is 0 Å². The number of hydrogen-bond acceptors (Lipinski definition) is 2. The molecule has 24 rings (SSSR count). The lowest BCUT2D eigenvalue weighted by atomic mass is 9.67. The van der Waals surface area contributed by atoms with Crippen molar-refractivity contribution in [3.8, 4) is 55.9 Å². The quantitative estimate of drug-likeness (QED) is 0.114. The van der Waals surface area contributed by atoms with E-state index in [0.717, 1.165) is 45.5 Å². The van der Waals surface area contributed by atoms with Gasteiger partial charge in [0.1, 0.15) is 0 Å². The Labute approximate surface area is 705 Å². The molecule has 3 aliphatic carbocycles. The van der Waals surface area contributed by atoms with Crippen LogP contribution in [0.1, 0.15) is 69.5 Å². The van der Waals surface area contributed by atoms with Gasteiger partial charge in [-0.3, -0.25) is 0 Å². The summed E-state index contributed by atoms with van der Waals surface area (Å²) in [6.07, 6.45) is 0. The van der Waals surface area contributed by atoms with E-state index < -0.39 is 10.8 Å². The van der Waals surface area contributed by atoms with Gasteiger partial charge in [0.05, 0.1) is 32.9 Å². The SMILES string of the molecule is CC1(C)c2ccccc2-c2ccc(N(c3ccc(-n4c5ccccc5c5ccccc54)cc3)c3ccc4c(c3)C(c3ccccc3)(c3ccccc3)c3ccccc3-4)cc21.c1ccc(C2(c3ccccc3)c3ccccc3-c3ccc(N(c4ccc(-c5ccc6ccccc6c5)cc4)c4ccc(-n5c6ccccc6c6ccccc65)cc4)cc32)cc1. The van der Waals surface area contributed by atoms with Crippen LogP contribution in [0.25, 0.3) is 110 Å². The zero-order valence-electron chi connectivity index (χ0n) is 67.2. The largest absolute Gasteiger partial charge is 0.310 e. The zero-order chi connectivity index (χ0) is 80.3. The van der Waals surface area contributed by atoms with Crippen molar-refractivity contribution in [2.45, 2.75) is 30.1 Å². The van der Waals surface area contributed by atoms with E-state index in [0.29, 0.717) is 0 Å². The summed E-state index contributed by atoms with van der Waals surface area (Å²) in [4.78, 5) is 4.89. The highest BCUT2D eigenvalue weighted by atomic mass is 15.2. The van der Waals surface area contributed by atoms with Crippen LogP contribution in [0.2, 0.25) is 0 Å². The molecule has 19 aromatic carbocycles. The third-order valence-electron chi connectivity index (χ3n) is 26.3. The Kier molecular flexibility index (Phi) is 16.7. The first-order valence-corrected chi connectivity index (χ1v) is 42.1. The monoisotopic (exact) mass is 1540 g/mol. The third kappa shape index (κ3) is 11.1. The average molecular weight is 1540 g/mol. The highest BCUT2D eigenvalue weighted by molar-refractivity contribution is 6.11. The summed E-state index contributed by atoms with van der Waals surface area (Å²) in [5, 5.41) is 7.54. The van der Waals surface area contributed by atoms with E-state index in [-0.39, 0.29) is 5.41 Å². The molecule has 0 radical (unpaired) electrons. The second kappa shape index (κ2) is 28.5. The molecule has 4 heteroatoms. The molecule has 121 heavy (non-hydrogen) atoms. The average Bonchev–Trinajstić information content (AvgIpc) is 1.56. The molecule has 0 saturated heterocycles. The van der Waals surface area contributed by atoms with E-state index in [1.54, 1.807) is 0 Å². The minimum atomic E-state index is -0.504. The summed E-state index contributed by atoms with van der Waals surface area (Å²) in [6, 6.07) is 170. The molecular formula is C117H82N4. The summed E-state index contributed by atoms with van der Waals surface area (Å²) >= 11 is 0. The number of rotatable bonds is 13. The predicted molar refractivity (Wildman–Crippen MR) is 506 cm³/mol. The number of benzene rings is 19. The molecule has 0 fully saturated rings. The molecule has 0 saturated carbocycles. The van der Waals surface area contributed by atoms with Gasteiger partial charge >= 0.3 is 0 Å². The molecule has 0 unspecified atom stereocenters. The lowest BCUT2D eigenvalue weighted by Gasteiger charge is -2.35. The smallest absolute Gasteiger partial charge is 0.0714 e. The van der Waals surface area contributed by atoms with Crippen molar-refractivity contribution in [2.75, 3.05) is 9.80 Å². The van der Waals surface area contributed by atoms with Crippen LogP contribution in [0.15, 0.2) is 461 Å². The molecule has 0 amide bonds. The highest BCUT2D eigenvalue weighted by Crippen LogP contribution is 2.60. The van der Waals surface area contributed by atoms with Gasteiger partial charge in [-0.2, -0.15) is 0 Å². The Morgan fingerprint density at radius 1 is 0.190 bits per heavy atom. The van der Waals surface area contributed by atoms with E-state index in [1.807, 2.05) is 0 Å². The number of nitrogens with zero attached hydrogens (tertiary/aromatic N) is 4. The molecule has 0 spiro atoms. The van der Waals surface area contributed by atoms with Crippen LogP contribution in [0.5, 0.6) is 0 Å². The van der Waals surface area contributed by atoms with Crippen LogP contribution < -0.4 is 9.80 Å². The van der Waals surface area contributed by atoms with E-state index in [1.165, 1.54) is 155 Å². The molecule has 2 aromatic heterocycles. The molecule has 4 nitrogen and oxygen atoms in total. The molecule has 570 valence electrons. The standard InChI is InChI=1S/C59H40N2.C58H42N2/c1-3-17-45(18-4-1)59(46-19-5-2-6-20-46)55-24-12-9-21-51(55)52-38-37-50(40-56(52)59)60(47-31-29-42(30-32-47)44-28-27-41-15-7-8-16-43(41)39-44)48-33-35-49(36-34-48)61-57-25-13-10-22-53(57)54-23-11-14-26-58(54)61;1-57(2)51-25-13-9-21-45(51)47-35-33-43(37-53(47)57)59(41-29-31-42(32-30-41)60-55-27-15-11-23-49(55)50-24-12-16-28-56(50)60)44-34-36-48-46-22-10-14-26-52(46)58(54(48)38-44,39-17-5-3-6-18-39)40-19-7-4-8-20-40/h1-40H;3-38H,1-2H3. The molecule has 0 bridgehead atoms. The van der Waals surface area contributed by atoms with Crippen LogP contribution in [0.3, 0.4) is 0 Å². The van der Waals surface area contributed by atoms with E-state index in [2.05, 4.69) is 494 Å². The van der Waals surface area contributed by atoms with Gasteiger partial charge < -0.3 is 18.9 Å². The summed E-state index contributed by atoms with van der Waals surface area (Å²) in [5.74, 6) is 0. The third-order valence-corrected chi connectivity index (χ3v) is 26.3. The second-order valence-corrected chi connectivity index (χ2v) is 33.0. The summed E-state index contributed by atoms with van der Waals surface area (Å²) < 4.78 is 4.78. The fourth-order valence-electron chi connectivity index (χ4n) is 20.9. The molecule has 0 N–H and O–H groups in total. The van der Waals surface area contributed by atoms with Crippen LogP contribution >= 0.6 is 0 Å². The lowest BCUT2D eigenvalue weighted by molar-refractivity contribution is 0.660. The molecule has 0 atom stereocenters. The first kappa shape index (κ1) is 71.0. The van der Waals surface area contributed by atoms with Crippen LogP contribution in [-0.2, 0) is 16.2 Å². The Morgan fingerprint density at radius 3 is 0.876 bits per heavy atom. The first-order valence-electron chi connectivity index (χ1n) is 42.1. The lowest BCUT2D eigenvalue weighted by Crippen LogP contribution is -2.28. The van der Waals surface area contributed by atoms with Crippen molar-refractivity contribution in [1.29, 1.82) is 0 Å². The maximum Gasteiger partial charge on any atom is 0.0714 e. The number of aromatic nitrogens is 2. The van der Waals surface area contributed by atoms with E-state index in [9.17, 15) is 0 Å². The summed E-state index contributed by atoms with van der Waals surface area (Å²) in [6.45, 7) is 4.74. The van der Waals surface area contributed by atoms with E-state index in [4.69, 9.17) is 0 Å². The van der Waals surface area contributed by atoms with Crippen molar-refractivity contribution < 1.29 is 0 Å². The Balaban J connectivity index is 0.000000141. The Bertz CT molecular complexity index is 7400. The number of fused-ring (bicyclic) bond motifs is 16. The van der Waals surface area contributed by atoms with Gasteiger partial charge in [0.15, 0.2) is 0 Å². The van der Waals surface area contributed by atoms with Crippen molar-refractivity contribution >= 4 is 88.5 Å². The number of para-hydroxylation sites is 4. The minimum absolute atomic E-state index is 0.136. The van der Waals surface area contributed by atoms with Gasteiger partial charge in [0.2, 0.25) is 0 Å². The van der Waals surface area contributed by atoms with Gasteiger partial charge in [-0.05, 0) is 238 Å². The van der Waals surface area contributed by atoms with Crippen LogP contribution in [-0.4, -0.2) is 9.13 Å². The number of anilines is 6. The predicted octanol–water partition coefficient (Wildman–Crippen LogP) is 30.4. The molecule has 3 aliphatic rings. The first-order chi connectivity index (χ1) is 59.8. The van der Waals surface area contributed by atoms with Crippen molar-refractivity contribution in [1.82, 2.24) is 9.13 Å². The fraction of sp³-hybridized carbons (Fsp3) is 0.0427. The minimum Gasteiger partial charge on any atom is -0.310 e. The maximum absolute atomic E-state index is 2.48. The fourth-order valence-corrected chi connectivity index (χ4v) is 20.9. The molecule has 21 aromatic rings. The zero-order valence-corrected chi connectivity index (χ0v) is 67.2. The normalized spacial score (nSPS) is 13.4. The van der Waals surface area contributed by atoms with Crippen LogP contribution in [0, 0.1) is 0 Å². The number of hydrogen-bond donors (Lipinski definition) is 0. The van der Waals surface area contributed by atoms with Crippen LogP contribution in [0.4, 0.5) is 34.1 Å². The van der Waals surface area contributed by atoms with E-state index >= 15 is 0 Å². The molecule has 0 aliphatic heterocycles. The highest BCUT2D eigenvalue weighted by Gasteiger charge is 2.48. The maximum atomic E-state index is 2.48. The van der Waals surface area contributed by atoms with Crippen molar-refractivity contribution in [3.63, 3.8) is 0 Å². The van der Waals surface area contributed by atoms with Crippen molar-refractivity contribution in [2.24, 2.45) is 0 Å². The van der Waals surface area contributed by atoms with Gasteiger partial charge in [-0.25, -0.2) is 0 Å². The van der Waals surface area contributed by atoms with Gasteiger partial charge in [0, 0.05) is 72.5 Å². The second-order valence-electron chi connectivity index (χ2n) is 33.0. The molecule has 2 heterocycles. The van der Waals surface area contributed by atoms with Gasteiger partial charge in [-0.1, -0.05) is 347 Å². The van der Waals surface area contributed by atoms with Gasteiger partial charge in [-0.15, -0.1) is 0 Å². The Hall–Kier alpha value is -15.4. The molecular weight excluding hydrogens is 1460 g/mol. The Morgan fingerprint density at radius 2 is 0.471 bits per heavy atom. The summed E-state index contributed by atoms with van der Waals surface area (Å²) in [5.41, 5.74) is 35.7. The summed E-state index contributed by atoms with van der Waals surface area (Å²) in [7, 11) is 0. The topological polar surface area (TPSA) is 16.3 Å².